The Morgan fingerprint density at radius 3 is 2.14 bits per heavy atom. The Bertz CT molecular complexity index is 675. The van der Waals surface area contributed by atoms with Gasteiger partial charge in [-0.25, -0.2) is 0 Å². The molecule has 2 aromatic rings. The lowest BCUT2D eigenvalue weighted by Crippen LogP contribution is -2.42. The molecule has 0 spiro atoms. The SMILES string of the molecule is CC1(C)N=C(c2ccccc2)C(=O)N1Cc1ccccc1. The zero-order chi connectivity index (χ0) is 14.9. The molecule has 0 unspecified atom stereocenters. The van der Waals surface area contributed by atoms with Crippen molar-refractivity contribution >= 4 is 11.6 Å². The Morgan fingerprint density at radius 1 is 0.952 bits per heavy atom. The monoisotopic (exact) mass is 278 g/mol. The van der Waals surface area contributed by atoms with E-state index in [1.165, 1.54) is 0 Å². The van der Waals surface area contributed by atoms with Gasteiger partial charge in [0.2, 0.25) is 0 Å². The van der Waals surface area contributed by atoms with Gasteiger partial charge in [0.05, 0.1) is 0 Å². The van der Waals surface area contributed by atoms with E-state index in [-0.39, 0.29) is 5.91 Å². The van der Waals surface area contributed by atoms with Gasteiger partial charge < -0.3 is 4.90 Å². The third kappa shape index (κ3) is 2.59. The first-order valence-electron chi connectivity index (χ1n) is 7.09. The number of hydrogen-bond acceptors (Lipinski definition) is 2. The normalized spacial score (nSPS) is 17.0. The van der Waals surface area contributed by atoms with Crippen LogP contribution in [0.5, 0.6) is 0 Å². The van der Waals surface area contributed by atoms with Crippen molar-refractivity contribution in [3.05, 3.63) is 71.8 Å². The highest BCUT2D eigenvalue weighted by atomic mass is 16.2. The summed E-state index contributed by atoms with van der Waals surface area (Å²) in [4.78, 5) is 19.2. The Balaban J connectivity index is 1.90. The second-order valence-electron chi connectivity index (χ2n) is 5.70. The second kappa shape index (κ2) is 5.17. The van der Waals surface area contributed by atoms with Crippen molar-refractivity contribution in [1.82, 2.24) is 4.90 Å². The molecular formula is C18H18N2O. The molecular weight excluding hydrogens is 260 g/mol. The number of aliphatic imine (C=N–C) groups is 1. The molecule has 1 aliphatic rings. The Labute approximate surface area is 124 Å². The maximum Gasteiger partial charge on any atom is 0.274 e. The van der Waals surface area contributed by atoms with Crippen molar-refractivity contribution in [2.24, 2.45) is 4.99 Å². The van der Waals surface area contributed by atoms with Crippen molar-refractivity contribution in [1.29, 1.82) is 0 Å². The number of rotatable bonds is 3. The summed E-state index contributed by atoms with van der Waals surface area (Å²) in [6.45, 7) is 4.53. The number of benzene rings is 2. The molecule has 0 aliphatic carbocycles. The first kappa shape index (κ1) is 13.6. The average Bonchev–Trinajstić information content (AvgIpc) is 2.73. The first-order chi connectivity index (χ1) is 10.1. The van der Waals surface area contributed by atoms with E-state index in [2.05, 4.69) is 4.99 Å². The number of carbonyl (C=O) groups is 1. The van der Waals surface area contributed by atoms with Crippen LogP contribution in [0.25, 0.3) is 0 Å². The summed E-state index contributed by atoms with van der Waals surface area (Å²) in [6, 6.07) is 19.7. The van der Waals surface area contributed by atoms with Crippen molar-refractivity contribution in [2.45, 2.75) is 26.1 Å². The first-order valence-corrected chi connectivity index (χ1v) is 7.09. The second-order valence-corrected chi connectivity index (χ2v) is 5.70. The minimum atomic E-state index is -0.516. The van der Waals surface area contributed by atoms with Crippen LogP contribution in [-0.4, -0.2) is 22.2 Å². The van der Waals surface area contributed by atoms with Gasteiger partial charge in [-0.15, -0.1) is 0 Å². The van der Waals surface area contributed by atoms with E-state index in [1.807, 2.05) is 79.4 Å². The minimum Gasteiger partial charge on any atom is -0.309 e. The highest BCUT2D eigenvalue weighted by Gasteiger charge is 2.40. The van der Waals surface area contributed by atoms with E-state index in [9.17, 15) is 4.79 Å². The minimum absolute atomic E-state index is 0.00458. The van der Waals surface area contributed by atoms with Crippen molar-refractivity contribution in [2.75, 3.05) is 0 Å². The standard InChI is InChI=1S/C18H18N2O/c1-18(2)19-16(15-11-7-4-8-12-15)17(21)20(18)13-14-9-5-3-6-10-14/h3-12H,13H2,1-2H3. The summed E-state index contributed by atoms with van der Waals surface area (Å²) in [5.41, 5.74) is 2.03. The topological polar surface area (TPSA) is 32.7 Å². The van der Waals surface area contributed by atoms with Crippen LogP contribution in [-0.2, 0) is 11.3 Å². The van der Waals surface area contributed by atoms with Crippen LogP contribution >= 0.6 is 0 Å². The van der Waals surface area contributed by atoms with E-state index in [1.54, 1.807) is 0 Å². The molecule has 3 rings (SSSR count). The third-order valence-electron chi connectivity index (χ3n) is 3.72. The number of carbonyl (C=O) groups excluding carboxylic acids is 1. The molecule has 21 heavy (non-hydrogen) atoms. The smallest absolute Gasteiger partial charge is 0.274 e. The molecule has 0 saturated heterocycles. The molecule has 1 heterocycles. The molecule has 0 bridgehead atoms. The van der Waals surface area contributed by atoms with Crippen molar-refractivity contribution < 1.29 is 4.79 Å². The van der Waals surface area contributed by atoms with Gasteiger partial charge in [-0.2, -0.15) is 0 Å². The summed E-state index contributed by atoms with van der Waals surface area (Å²) in [5, 5.41) is 0. The van der Waals surface area contributed by atoms with Crippen LogP contribution in [0.3, 0.4) is 0 Å². The molecule has 0 atom stereocenters. The zero-order valence-electron chi connectivity index (χ0n) is 12.3. The van der Waals surface area contributed by atoms with Gasteiger partial charge in [0.15, 0.2) is 0 Å². The fourth-order valence-corrected chi connectivity index (χ4v) is 2.57. The van der Waals surface area contributed by atoms with Gasteiger partial charge in [-0.05, 0) is 19.4 Å². The molecule has 2 aromatic carbocycles. The molecule has 0 saturated carbocycles. The van der Waals surface area contributed by atoms with Gasteiger partial charge in [-0.3, -0.25) is 9.79 Å². The molecule has 0 radical (unpaired) electrons. The predicted octanol–water partition coefficient (Wildman–Crippen LogP) is 3.25. The highest BCUT2D eigenvalue weighted by molar-refractivity contribution is 6.46. The summed E-state index contributed by atoms with van der Waals surface area (Å²) in [6.07, 6.45) is 0. The van der Waals surface area contributed by atoms with Gasteiger partial charge in [0.1, 0.15) is 11.4 Å². The third-order valence-corrected chi connectivity index (χ3v) is 3.72. The maximum atomic E-state index is 12.7. The van der Waals surface area contributed by atoms with E-state index in [4.69, 9.17) is 0 Å². The van der Waals surface area contributed by atoms with Crippen LogP contribution in [0.15, 0.2) is 65.7 Å². The summed E-state index contributed by atoms with van der Waals surface area (Å²) >= 11 is 0. The van der Waals surface area contributed by atoms with E-state index >= 15 is 0 Å². The van der Waals surface area contributed by atoms with Crippen LogP contribution in [0, 0.1) is 0 Å². The van der Waals surface area contributed by atoms with E-state index in [0.29, 0.717) is 12.3 Å². The molecule has 0 fully saturated rings. The largest absolute Gasteiger partial charge is 0.309 e. The Kier molecular flexibility index (Phi) is 3.34. The molecule has 1 amide bonds. The fourth-order valence-electron chi connectivity index (χ4n) is 2.57. The Morgan fingerprint density at radius 2 is 1.52 bits per heavy atom. The molecule has 0 aromatic heterocycles. The summed E-state index contributed by atoms with van der Waals surface area (Å²) in [7, 11) is 0. The van der Waals surface area contributed by atoms with Crippen LogP contribution < -0.4 is 0 Å². The molecule has 3 heteroatoms. The lowest BCUT2D eigenvalue weighted by Gasteiger charge is -2.29. The van der Waals surface area contributed by atoms with Crippen molar-refractivity contribution in [3.63, 3.8) is 0 Å². The lowest BCUT2D eigenvalue weighted by molar-refractivity contribution is -0.127. The summed E-state index contributed by atoms with van der Waals surface area (Å²) in [5.74, 6) is -0.00458. The van der Waals surface area contributed by atoms with Gasteiger partial charge in [-0.1, -0.05) is 60.7 Å². The lowest BCUT2D eigenvalue weighted by atomic mass is 10.1. The van der Waals surface area contributed by atoms with Gasteiger partial charge in [0.25, 0.3) is 5.91 Å². The molecule has 3 nitrogen and oxygen atoms in total. The average molecular weight is 278 g/mol. The zero-order valence-corrected chi connectivity index (χ0v) is 12.3. The predicted molar refractivity (Wildman–Crippen MR) is 84.1 cm³/mol. The molecule has 1 aliphatic heterocycles. The fraction of sp³-hybridized carbons (Fsp3) is 0.222. The van der Waals surface area contributed by atoms with Crippen LogP contribution in [0.4, 0.5) is 0 Å². The molecule has 0 N–H and O–H groups in total. The maximum absolute atomic E-state index is 12.7. The highest BCUT2D eigenvalue weighted by Crippen LogP contribution is 2.28. The van der Waals surface area contributed by atoms with Crippen LogP contribution in [0.1, 0.15) is 25.0 Å². The van der Waals surface area contributed by atoms with Gasteiger partial charge >= 0.3 is 0 Å². The quantitative estimate of drug-likeness (QED) is 0.848. The summed E-state index contributed by atoms with van der Waals surface area (Å²) < 4.78 is 0. The van der Waals surface area contributed by atoms with Crippen LogP contribution in [0.2, 0.25) is 0 Å². The number of nitrogens with zero attached hydrogens (tertiary/aromatic N) is 2. The van der Waals surface area contributed by atoms with E-state index < -0.39 is 5.66 Å². The number of hydrogen-bond donors (Lipinski definition) is 0. The van der Waals surface area contributed by atoms with Gasteiger partial charge in [0, 0.05) is 12.1 Å². The van der Waals surface area contributed by atoms with E-state index in [0.717, 1.165) is 11.1 Å². The van der Waals surface area contributed by atoms with Crippen molar-refractivity contribution in [3.8, 4) is 0 Å². The molecule has 106 valence electrons. The Hall–Kier alpha value is -2.42. The number of amides is 1.